The van der Waals surface area contributed by atoms with Gasteiger partial charge in [-0.05, 0) is 72.9 Å². The molecular formula is C17H26BrNO5. The zero-order valence-corrected chi connectivity index (χ0v) is 15.8. The van der Waals surface area contributed by atoms with Crippen molar-refractivity contribution in [1.29, 1.82) is 0 Å². The molecule has 0 unspecified atom stereocenters. The molecule has 3 N–H and O–H groups in total. The van der Waals surface area contributed by atoms with Gasteiger partial charge in [0.15, 0.2) is 0 Å². The molecule has 7 heteroatoms. The number of carboxylic acids is 2. The molecule has 136 valence electrons. The maximum atomic E-state index is 9.10. The molecule has 6 nitrogen and oxygen atoms in total. The van der Waals surface area contributed by atoms with Crippen LogP contribution in [0.2, 0.25) is 0 Å². The Morgan fingerprint density at radius 3 is 2.29 bits per heavy atom. The lowest BCUT2D eigenvalue weighted by Gasteiger charge is -2.09. The van der Waals surface area contributed by atoms with E-state index in [1.54, 1.807) is 0 Å². The second-order valence-corrected chi connectivity index (χ2v) is 6.06. The van der Waals surface area contributed by atoms with Crippen LogP contribution in [-0.4, -0.2) is 41.8 Å². The highest BCUT2D eigenvalue weighted by atomic mass is 79.9. The lowest BCUT2D eigenvalue weighted by Crippen LogP contribution is -2.17. The minimum atomic E-state index is -1.82. The van der Waals surface area contributed by atoms with Crippen LogP contribution >= 0.6 is 15.9 Å². The Morgan fingerprint density at radius 2 is 1.75 bits per heavy atom. The van der Waals surface area contributed by atoms with Crippen molar-refractivity contribution in [2.75, 3.05) is 19.7 Å². The SMILES string of the molecule is CCCCNCCCCOc1ccc(C)cc1Br.O=C(O)C(=O)O. The average molecular weight is 404 g/mol. The van der Waals surface area contributed by atoms with Gasteiger partial charge in [-0.3, -0.25) is 0 Å². The van der Waals surface area contributed by atoms with Gasteiger partial charge in [-0.15, -0.1) is 0 Å². The summed E-state index contributed by atoms with van der Waals surface area (Å²) in [7, 11) is 0. The first kappa shape index (κ1) is 22.4. The Hall–Kier alpha value is -1.60. The molecule has 0 heterocycles. The van der Waals surface area contributed by atoms with Crippen molar-refractivity contribution < 1.29 is 24.5 Å². The number of ether oxygens (including phenoxy) is 1. The fraction of sp³-hybridized carbons (Fsp3) is 0.529. The number of carbonyl (C=O) groups is 2. The Balaban J connectivity index is 0.000000754. The standard InChI is InChI=1S/C15H24BrNO.C2H2O4/c1-3-4-9-17-10-5-6-11-18-15-8-7-13(2)12-14(15)16;3-1(4)2(5)6/h7-8,12,17H,3-6,9-11H2,1-2H3;(H,3,4)(H,5,6). The summed E-state index contributed by atoms with van der Waals surface area (Å²) < 4.78 is 6.79. The van der Waals surface area contributed by atoms with Gasteiger partial charge in [0.1, 0.15) is 5.75 Å². The first-order chi connectivity index (χ1) is 11.4. The van der Waals surface area contributed by atoms with Gasteiger partial charge in [-0.2, -0.15) is 0 Å². The van der Waals surface area contributed by atoms with Crippen molar-refractivity contribution in [2.45, 2.75) is 39.5 Å². The molecule has 1 aromatic carbocycles. The van der Waals surface area contributed by atoms with Crippen LogP contribution in [0.1, 0.15) is 38.2 Å². The van der Waals surface area contributed by atoms with Crippen LogP contribution in [-0.2, 0) is 9.59 Å². The van der Waals surface area contributed by atoms with Gasteiger partial charge in [-0.1, -0.05) is 19.4 Å². The van der Waals surface area contributed by atoms with E-state index < -0.39 is 11.9 Å². The van der Waals surface area contributed by atoms with Gasteiger partial charge >= 0.3 is 11.9 Å². The molecule has 0 fully saturated rings. The van der Waals surface area contributed by atoms with Gasteiger partial charge in [0.2, 0.25) is 0 Å². The van der Waals surface area contributed by atoms with Crippen molar-refractivity contribution in [3.63, 3.8) is 0 Å². The molecule has 0 aliphatic rings. The first-order valence-corrected chi connectivity index (χ1v) is 8.73. The van der Waals surface area contributed by atoms with Crippen molar-refractivity contribution in [1.82, 2.24) is 5.32 Å². The second kappa shape index (κ2) is 13.8. The Morgan fingerprint density at radius 1 is 1.12 bits per heavy atom. The molecule has 0 radical (unpaired) electrons. The van der Waals surface area contributed by atoms with Crippen molar-refractivity contribution >= 4 is 27.9 Å². The fourth-order valence-electron chi connectivity index (χ4n) is 1.68. The minimum absolute atomic E-state index is 0.789. The lowest BCUT2D eigenvalue weighted by molar-refractivity contribution is -0.159. The number of aliphatic carboxylic acids is 2. The Kier molecular flexibility index (Phi) is 12.9. The van der Waals surface area contributed by atoms with Crippen LogP contribution in [0.15, 0.2) is 22.7 Å². The van der Waals surface area contributed by atoms with Crippen LogP contribution in [0, 0.1) is 6.92 Å². The van der Waals surface area contributed by atoms with Crippen LogP contribution in [0.4, 0.5) is 0 Å². The van der Waals surface area contributed by atoms with Gasteiger partial charge in [0.05, 0.1) is 11.1 Å². The summed E-state index contributed by atoms with van der Waals surface area (Å²) >= 11 is 3.52. The van der Waals surface area contributed by atoms with Gasteiger partial charge < -0.3 is 20.3 Å². The minimum Gasteiger partial charge on any atom is -0.492 e. The Labute approximate surface area is 151 Å². The second-order valence-electron chi connectivity index (χ2n) is 5.20. The third-order valence-corrected chi connectivity index (χ3v) is 3.60. The summed E-state index contributed by atoms with van der Waals surface area (Å²) in [4.78, 5) is 18.2. The molecule has 24 heavy (non-hydrogen) atoms. The van der Waals surface area contributed by atoms with Crippen LogP contribution in [0.25, 0.3) is 0 Å². The van der Waals surface area contributed by atoms with E-state index in [1.165, 1.54) is 24.8 Å². The predicted octanol–water partition coefficient (Wildman–Crippen LogP) is 3.46. The maximum Gasteiger partial charge on any atom is 0.414 e. The highest BCUT2D eigenvalue weighted by Crippen LogP contribution is 2.25. The van der Waals surface area contributed by atoms with E-state index in [0.29, 0.717) is 0 Å². The summed E-state index contributed by atoms with van der Waals surface area (Å²) in [5, 5.41) is 18.2. The number of benzene rings is 1. The smallest absolute Gasteiger partial charge is 0.414 e. The summed E-state index contributed by atoms with van der Waals surface area (Å²) in [6, 6.07) is 6.19. The molecule has 0 spiro atoms. The molecule has 0 aliphatic heterocycles. The van der Waals surface area contributed by atoms with Crippen molar-refractivity contribution in [2.24, 2.45) is 0 Å². The molecule has 1 rings (SSSR count). The number of halogens is 1. The summed E-state index contributed by atoms with van der Waals surface area (Å²) in [5.41, 5.74) is 1.24. The van der Waals surface area contributed by atoms with Crippen molar-refractivity contribution in [3.8, 4) is 5.75 Å². The third-order valence-electron chi connectivity index (χ3n) is 2.98. The molecule has 0 aromatic heterocycles. The number of hydrogen-bond donors (Lipinski definition) is 3. The van der Waals surface area contributed by atoms with Gasteiger partial charge in [-0.25, -0.2) is 9.59 Å². The van der Waals surface area contributed by atoms with Crippen molar-refractivity contribution in [3.05, 3.63) is 28.2 Å². The van der Waals surface area contributed by atoms with E-state index in [2.05, 4.69) is 47.2 Å². The van der Waals surface area contributed by atoms with Crippen LogP contribution in [0.3, 0.4) is 0 Å². The topological polar surface area (TPSA) is 95.9 Å². The van der Waals surface area contributed by atoms with Crippen LogP contribution in [0.5, 0.6) is 5.75 Å². The zero-order chi connectivity index (χ0) is 18.4. The summed E-state index contributed by atoms with van der Waals surface area (Å²) in [5.74, 6) is -2.70. The molecule has 0 bridgehead atoms. The first-order valence-electron chi connectivity index (χ1n) is 7.94. The van der Waals surface area contributed by atoms with E-state index in [1.807, 2.05) is 6.07 Å². The molecule has 0 amide bonds. The molecule has 1 aromatic rings. The van der Waals surface area contributed by atoms with E-state index in [4.69, 9.17) is 24.5 Å². The van der Waals surface area contributed by atoms with E-state index >= 15 is 0 Å². The lowest BCUT2D eigenvalue weighted by atomic mass is 10.2. The zero-order valence-electron chi connectivity index (χ0n) is 14.2. The molecule has 0 atom stereocenters. The summed E-state index contributed by atoms with van der Waals surface area (Å²) in [6.07, 6.45) is 4.80. The number of nitrogens with one attached hydrogen (secondary N) is 1. The van der Waals surface area contributed by atoms with E-state index in [0.717, 1.165) is 36.3 Å². The molecular weight excluding hydrogens is 378 g/mol. The quantitative estimate of drug-likeness (QED) is 0.431. The predicted molar refractivity (Wildman–Crippen MR) is 96.7 cm³/mol. The summed E-state index contributed by atoms with van der Waals surface area (Å²) in [6.45, 7) is 7.32. The van der Waals surface area contributed by atoms with Crippen LogP contribution < -0.4 is 10.1 Å². The molecule has 0 saturated heterocycles. The third kappa shape index (κ3) is 11.9. The number of hydrogen-bond acceptors (Lipinski definition) is 4. The number of carboxylic acid groups (broad SMARTS) is 2. The highest BCUT2D eigenvalue weighted by Gasteiger charge is 2.04. The normalized spacial score (nSPS) is 9.79. The Bertz CT molecular complexity index is 496. The number of aryl methyl sites for hydroxylation is 1. The van der Waals surface area contributed by atoms with E-state index in [-0.39, 0.29) is 0 Å². The maximum absolute atomic E-state index is 9.10. The average Bonchev–Trinajstić information content (AvgIpc) is 2.52. The monoisotopic (exact) mass is 403 g/mol. The van der Waals surface area contributed by atoms with Gasteiger partial charge in [0.25, 0.3) is 0 Å². The fourth-order valence-corrected chi connectivity index (χ4v) is 2.29. The van der Waals surface area contributed by atoms with E-state index in [9.17, 15) is 0 Å². The number of unbranched alkanes of at least 4 members (excludes halogenated alkanes) is 2. The largest absolute Gasteiger partial charge is 0.492 e. The highest BCUT2D eigenvalue weighted by molar-refractivity contribution is 9.10. The molecule has 0 aliphatic carbocycles. The van der Waals surface area contributed by atoms with Gasteiger partial charge in [0, 0.05) is 0 Å². The number of rotatable bonds is 9. The molecule has 0 saturated carbocycles.